The number of hydrogen-bond donors (Lipinski definition) is 0. The smallest absolute Gasteiger partial charge is 0.269 e. The standard InChI is InChI=1S/C10H6N4O2/c11-7-10-12-5-6-13(10)8-1-3-9(4-2-8)14(15)16/h1-6H. The lowest BCUT2D eigenvalue weighted by atomic mass is 10.3. The van der Waals surface area contributed by atoms with E-state index in [1.807, 2.05) is 6.07 Å². The van der Waals surface area contributed by atoms with E-state index in [9.17, 15) is 10.1 Å². The minimum atomic E-state index is -0.469. The summed E-state index contributed by atoms with van der Waals surface area (Å²) < 4.78 is 1.56. The Kier molecular flexibility index (Phi) is 2.36. The van der Waals surface area contributed by atoms with Crippen LogP contribution in [-0.4, -0.2) is 14.5 Å². The van der Waals surface area contributed by atoms with Crippen LogP contribution in [0, 0.1) is 21.4 Å². The van der Waals surface area contributed by atoms with E-state index in [0.29, 0.717) is 5.69 Å². The van der Waals surface area contributed by atoms with E-state index in [4.69, 9.17) is 5.26 Å². The predicted molar refractivity (Wildman–Crippen MR) is 54.9 cm³/mol. The van der Waals surface area contributed by atoms with Crippen LogP contribution in [-0.2, 0) is 0 Å². The molecule has 2 aromatic rings. The third-order valence-corrected chi connectivity index (χ3v) is 2.08. The average molecular weight is 214 g/mol. The number of hydrogen-bond acceptors (Lipinski definition) is 4. The number of imidazole rings is 1. The second kappa shape index (κ2) is 3.82. The number of benzene rings is 1. The molecule has 0 fully saturated rings. The van der Waals surface area contributed by atoms with E-state index >= 15 is 0 Å². The number of nitrogens with zero attached hydrogens (tertiary/aromatic N) is 4. The summed E-state index contributed by atoms with van der Waals surface area (Å²) in [6.45, 7) is 0. The Bertz CT molecular complexity index is 565. The molecule has 1 aromatic heterocycles. The molecule has 0 unspecified atom stereocenters. The number of rotatable bonds is 2. The summed E-state index contributed by atoms with van der Waals surface area (Å²) in [7, 11) is 0. The zero-order chi connectivity index (χ0) is 11.5. The Morgan fingerprint density at radius 3 is 2.62 bits per heavy atom. The van der Waals surface area contributed by atoms with Crippen molar-refractivity contribution in [3.63, 3.8) is 0 Å². The lowest BCUT2D eigenvalue weighted by molar-refractivity contribution is -0.384. The second-order valence-electron chi connectivity index (χ2n) is 3.01. The third-order valence-electron chi connectivity index (χ3n) is 2.08. The van der Waals surface area contributed by atoms with E-state index in [1.54, 1.807) is 22.9 Å². The third kappa shape index (κ3) is 1.62. The number of nitro groups is 1. The fourth-order valence-electron chi connectivity index (χ4n) is 1.33. The number of non-ortho nitro benzene ring substituents is 1. The first-order valence-electron chi connectivity index (χ1n) is 4.40. The van der Waals surface area contributed by atoms with Crippen molar-refractivity contribution in [3.05, 3.63) is 52.6 Å². The van der Waals surface area contributed by atoms with Crippen LogP contribution in [0.2, 0.25) is 0 Å². The second-order valence-corrected chi connectivity index (χ2v) is 3.01. The molecule has 0 atom stereocenters. The SMILES string of the molecule is N#Cc1nccn1-c1ccc([N+](=O)[O-])cc1. The lowest BCUT2D eigenvalue weighted by Crippen LogP contribution is -1.96. The topological polar surface area (TPSA) is 84.8 Å². The van der Waals surface area contributed by atoms with E-state index in [2.05, 4.69) is 4.98 Å². The molecule has 78 valence electrons. The summed E-state index contributed by atoms with van der Waals surface area (Å²) in [5.41, 5.74) is 0.682. The van der Waals surface area contributed by atoms with Crippen molar-refractivity contribution >= 4 is 5.69 Å². The summed E-state index contributed by atoms with van der Waals surface area (Å²) in [5.74, 6) is 0.244. The Morgan fingerprint density at radius 2 is 2.06 bits per heavy atom. The monoisotopic (exact) mass is 214 g/mol. The van der Waals surface area contributed by atoms with Crippen LogP contribution in [0.4, 0.5) is 5.69 Å². The van der Waals surface area contributed by atoms with Crippen molar-refractivity contribution in [2.75, 3.05) is 0 Å². The quantitative estimate of drug-likeness (QED) is 0.562. The maximum Gasteiger partial charge on any atom is 0.269 e. The molecule has 16 heavy (non-hydrogen) atoms. The molecule has 0 amide bonds. The molecule has 6 heteroatoms. The molecule has 1 aromatic carbocycles. The van der Waals surface area contributed by atoms with Crippen molar-refractivity contribution in [1.82, 2.24) is 9.55 Å². The van der Waals surface area contributed by atoms with Crippen LogP contribution in [0.3, 0.4) is 0 Å². The van der Waals surface area contributed by atoms with Crippen LogP contribution < -0.4 is 0 Å². The van der Waals surface area contributed by atoms with Gasteiger partial charge in [-0.15, -0.1) is 0 Å². The van der Waals surface area contributed by atoms with Crippen molar-refractivity contribution in [1.29, 1.82) is 5.26 Å². The Hall–Kier alpha value is -2.68. The highest BCUT2D eigenvalue weighted by atomic mass is 16.6. The molecule has 0 saturated heterocycles. The van der Waals surface area contributed by atoms with Crippen LogP contribution in [0.25, 0.3) is 5.69 Å². The first-order chi connectivity index (χ1) is 7.72. The van der Waals surface area contributed by atoms with Gasteiger partial charge in [0.15, 0.2) is 0 Å². The maximum atomic E-state index is 10.5. The van der Waals surface area contributed by atoms with E-state index in [0.717, 1.165) is 0 Å². The van der Waals surface area contributed by atoms with Gasteiger partial charge in [0.25, 0.3) is 5.69 Å². The lowest BCUT2D eigenvalue weighted by Gasteiger charge is -2.02. The normalized spacial score (nSPS) is 9.69. The molecule has 6 nitrogen and oxygen atoms in total. The van der Waals surface area contributed by atoms with Crippen LogP contribution in [0.15, 0.2) is 36.7 Å². The van der Waals surface area contributed by atoms with Gasteiger partial charge in [0.05, 0.1) is 4.92 Å². The fraction of sp³-hybridized carbons (Fsp3) is 0. The van der Waals surface area contributed by atoms with Crippen molar-refractivity contribution < 1.29 is 4.92 Å². The minimum absolute atomic E-state index is 0.0161. The molecule has 0 bridgehead atoms. The average Bonchev–Trinajstić information content (AvgIpc) is 2.77. The van der Waals surface area contributed by atoms with E-state index in [1.165, 1.54) is 18.3 Å². The van der Waals surface area contributed by atoms with Gasteiger partial charge in [0.1, 0.15) is 6.07 Å². The molecule has 0 radical (unpaired) electrons. The molecule has 0 saturated carbocycles. The molecule has 0 aliphatic heterocycles. The van der Waals surface area contributed by atoms with Crippen LogP contribution in [0.1, 0.15) is 5.82 Å². The fourth-order valence-corrected chi connectivity index (χ4v) is 1.33. The number of nitriles is 1. The minimum Gasteiger partial charge on any atom is -0.291 e. The van der Waals surface area contributed by atoms with Crippen molar-refractivity contribution in [2.45, 2.75) is 0 Å². The first-order valence-corrected chi connectivity index (χ1v) is 4.40. The molecular formula is C10H6N4O2. The summed E-state index contributed by atoms with van der Waals surface area (Å²) in [6, 6.07) is 7.84. The summed E-state index contributed by atoms with van der Waals surface area (Å²) in [6.07, 6.45) is 3.12. The Morgan fingerprint density at radius 1 is 1.38 bits per heavy atom. The molecule has 0 aliphatic rings. The van der Waals surface area contributed by atoms with Gasteiger partial charge in [0, 0.05) is 30.2 Å². The van der Waals surface area contributed by atoms with Gasteiger partial charge in [-0.05, 0) is 12.1 Å². The van der Waals surface area contributed by atoms with E-state index < -0.39 is 4.92 Å². The highest BCUT2D eigenvalue weighted by Gasteiger charge is 2.07. The zero-order valence-corrected chi connectivity index (χ0v) is 8.07. The maximum absolute atomic E-state index is 10.5. The van der Waals surface area contributed by atoms with Crippen LogP contribution in [0.5, 0.6) is 0 Å². The van der Waals surface area contributed by atoms with Gasteiger partial charge in [-0.2, -0.15) is 5.26 Å². The van der Waals surface area contributed by atoms with Gasteiger partial charge in [0.2, 0.25) is 5.82 Å². The molecule has 0 spiro atoms. The molecule has 0 aliphatic carbocycles. The number of aromatic nitrogens is 2. The van der Waals surface area contributed by atoms with E-state index in [-0.39, 0.29) is 11.5 Å². The molecule has 2 rings (SSSR count). The molecule has 0 N–H and O–H groups in total. The summed E-state index contributed by atoms with van der Waals surface area (Å²) in [5, 5.41) is 19.2. The highest BCUT2D eigenvalue weighted by molar-refractivity contribution is 5.42. The van der Waals surface area contributed by atoms with Gasteiger partial charge in [-0.3, -0.25) is 14.7 Å². The largest absolute Gasteiger partial charge is 0.291 e. The Balaban J connectivity index is 2.43. The first kappa shape index (κ1) is 9.86. The van der Waals surface area contributed by atoms with Gasteiger partial charge < -0.3 is 0 Å². The summed E-state index contributed by atoms with van der Waals surface area (Å²) in [4.78, 5) is 13.8. The van der Waals surface area contributed by atoms with Gasteiger partial charge in [-0.1, -0.05) is 0 Å². The van der Waals surface area contributed by atoms with Crippen molar-refractivity contribution in [2.24, 2.45) is 0 Å². The molecular weight excluding hydrogens is 208 g/mol. The van der Waals surface area contributed by atoms with Gasteiger partial charge >= 0.3 is 0 Å². The highest BCUT2D eigenvalue weighted by Crippen LogP contribution is 2.15. The predicted octanol–water partition coefficient (Wildman–Crippen LogP) is 1.65. The summed E-state index contributed by atoms with van der Waals surface area (Å²) >= 11 is 0. The zero-order valence-electron chi connectivity index (χ0n) is 8.07. The number of nitro benzene ring substituents is 1. The van der Waals surface area contributed by atoms with Gasteiger partial charge in [-0.25, -0.2) is 4.98 Å². The van der Waals surface area contributed by atoms with Crippen molar-refractivity contribution in [3.8, 4) is 11.8 Å². The Labute approximate surface area is 90.5 Å². The molecule has 1 heterocycles. The van der Waals surface area contributed by atoms with Crippen LogP contribution >= 0.6 is 0 Å².